The quantitative estimate of drug-likeness (QED) is 0.620. The van der Waals surface area contributed by atoms with Crippen molar-refractivity contribution in [2.24, 2.45) is 0 Å². The fourth-order valence-electron chi connectivity index (χ4n) is 2.47. The molecule has 1 aliphatic rings. The molecule has 7 heteroatoms. The number of nitrogens with zero attached hydrogens (tertiary/aromatic N) is 3. The van der Waals surface area contributed by atoms with E-state index in [1.165, 1.54) is 6.07 Å². The Morgan fingerprint density at radius 1 is 1.38 bits per heavy atom. The van der Waals surface area contributed by atoms with Gasteiger partial charge in [0.15, 0.2) is 0 Å². The van der Waals surface area contributed by atoms with Crippen molar-refractivity contribution in [3.63, 3.8) is 0 Å². The summed E-state index contributed by atoms with van der Waals surface area (Å²) in [7, 11) is 2.05. The first-order chi connectivity index (χ1) is 10.0. The molecule has 0 spiro atoms. The van der Waals surface area contributed by atoms with Gasteiger partial charge in [0.1, 0.15) is 0 Å². The van der Waals surface area contributed by atoms with Crippen molar-refractivity contribution in [3.05, 3.63) is 38.3 Å². The van der Waals surface area contributed by atoms with Gasteiger partial charge in [-0.3, -0.25) is 15.0 Å². The molecule has 0 unspecified atom stereocenters. The number of piperazine rings is 1. The Morgan fingerprint density at radius 2 is 2.10 bits per heavy atom. The summed E-state index contributed by atoms with van der Waals surface area (Å²) >= 11 is 3.33. The number of hydrogen-bond acceptors (Lipinski definition) is 5. The van der Waals surface area contributed by atoms with Gasteiger partial charge in [0.05, 0.1) is 4.92 Å². The second-order valence-corrected chi connectivity index (χ2v) is 6.32. The third-order valence-electron chi connectivity index (χ3n) is 3.61. The Kier molecular flexibility index (Phi) is 6.10. The highest BCUT2D eigenvalue weighted by molar-refractivity contribution is 9.10. The average molecular weight is 357 g/mol. The predicted molar refractivity (Wildman–Crippen MR) is 86.4 cm³/mol. The van der Waals surface area contributed by atoms with Crippen molar-refractivity contribution < 1.29 is 4.92 Å². The van der Waals surface area contributed by atoms with Gasteiger partial charge in [-0.05, 0) is 18.7 Å². The molecule has 21 heavy (non-hydrogen) atoms. The van der Waals surface area contributed by atoms with Crippen molar-refractivity contribution >= 4 is 21.6 Å². The lowest BCUT2D eigenvalue weighted by Crippen LogP contribution is -2.45. The summed E-state index contributed by atoms with van der Waals surface area (Å²) in [6.07, 6.45) is 0. The summed E-state index contributed by atoms with van der Waals surface area (Å²) in [5, 5.41) is 14.2. The standard InChI is InChI=1S/C14H21BrN4O2/c1-17(6-7-18-4-2-16-3-5-18)11-12-8-13(15)10-14(9-12)19(20)21/h8-10,16H,2-7,11H2,1H3. The van der Waals surface area contributed by atoms with E-state index in [4.69, 9.17) is 0 Å². The highest BCUT2D eigenvalue weighted by Crippen LogP contribution is 2.22. The second kappa shape index (κ2) is 7.84. The number of non-ortho nitro benzene ring substituents is 1. The van der Waals surface area contributed by atoms with Crippen LogP contribution in [-0.4, -0.2) is 61.0 Å². The van der Waals surface area contributed by atoms with Crippen LogP contribution in [0.5, 0.6) is 0 Å². The molecular formula is C14H21BrN4O2. The first kappa shape index (κ1) is 16.4. The molecule has 1 saturated heterocycles. The molecule has 1 aliphatic heterocycles. The van der Waals surface area contributed by atoms with E-state index in [0.29, 0.717) is 6.54 Å². The highest BCUT2D eigenvalue weighted by Gasteiger charge is 2.12. The third kappa shape index (κ3) is 5.35. The lowest BCUT2D eigenvalue weighted by Gasteiger charge is -2.29. The minimum absolute atomic E-state index is 0.134. The number of hydrogen-bond donors (Lipinski definition) is 1. The van der Waals surface area contributed by atoms with E-state index in [1.807, 2.05) is 6.07 Å². The van der Waals surface area contributed by atoms with Crippen molar-refractivity contribution in [2.75, 3.05) is 46.3 Å². The van der Waals surface area contributed by atoms with Gasteiger partial charge in [-0.2, -0.15) is 0 Å². The van der Waals surface area contributed by atoms with Crippen molar-refractivity contribution in [1.82, 2.24) is 15.1 Å². The van der Waals surface area contributed by atoms with Gasteiger partial charge in [-0.15, -0.1) is 0 Å². The highest BCUT2D eigenvalue weighted by atomic mass is 79.9. The van der Waals surface area contributed by atoms with Gasteiger partial charge in [-0.1, -0.05) is 15.9 Å². The number of nitrogens with one attached hydrogen (secondary N) is 1. The third-order valence-corrected chi connectivity index (χ3v) is 4.07. The number of nitro groups is 1. The largest absolute Gasteiger partial charge is 0.314 e. The van der Waals surface area contributed by atoms with Gasteiger partial charge in [0.25, 0.3) is 5.69 Å². The van der Waals surface area contributed by atoms with Crippen LogP contribution in [0.2, 0.25) is 0 Å². The Balaban J connectivity index is 1.86. The molecule has 0 saturated carbocycles. The zero-order chi connectivity index (χ0) is 15.2. The van der Waals surface area contributed by atoms with Crippen molar-refractivity contribution in [3.8, 4) is 0 Å². The first-order valence-electron chi connectivity index (χ1n) is 7.10. The summed E-state index contributed by atoms with van der Waals surface area (Å²) < 4.78 is 0.752. The predicted octanol–water partition coefficient (Wildman–Crippen LogP) is 1.69. The van der Waals surface area contributed by atoms with E-state index in [-0.39, 0.29) is 10.6 Å². The molecule has 116 valence electrons. The van der Waals surface area contributed by atoms with Crippen LogP contribution in [0.1, 0.15) is 5.56 Å². The van der Waals surface area contributed by atoms with Crippen molar-refractivity contribution in [2.45, 2.75) is 6.54 Å². The molecule has 0 atom stereocenters. The van der Waals surface area contributed by atoms with Gasteiger partial charge in [-0.25, -0.2) is 0 Å². The minimum Gasteiger partial charge on any atom is -0.314 e. The molecule has 1 aromatic rings. The zero-order valence-corrected chi connectivity index (χ0v) is 13.8. The smallest absolute Gasteiger partial charge is 0.270 e. The van der Waals surface area contributed by atoms with Crippen LogP contribution in [0.15, 0.2) is 22.7 Å². The molecule has 1 fully saturated rings. The molecule has 0 radical (unpaired) electrons. The monoisotopic (exact) mass is 356 g/mol. The maximum Gasteiger partial charge on any atom is 0.270 e. The van der Waals surface area contributed by atoms with E-state index < -0.39 is 0 Å². The fourth-order valence-corrected chi connectivity index (χ4v) is 3.00. The summed E-state index contributed by atoms with van der Waals surface area (Å²) in [5.41, 5.74) is 1.09. The molecule has 0 aliphatic carbocycles. The Hall–Kier alpha value is -1.02. The molecular weight excluding hydrogens is 336 g/mol. The fraction of sp³-hybridized carbons (Fsp3) is 0.571. The summed E-state index contributed by atoms with van der Waals surface area (Å²) in [6, 6.07) is 5.12. The van der Waals surface area contributed by atoms with E-state index >= 15 is 0 Å². The summed E-state index contributed by atoms with van der Waals surface area (Å²) in [6.45, 7) is 7.01. The zero-order valence-electron chi connectivity index (χ0n) is 12.2. The van der Waals surface area contributed by atoms with E-state index in [2.05, 4.69) is 38.1 Å². The minimum atomic E-state index is -0.352. The Labute approximate surface area is 133 Å². The number of rotatable bonds is 6. The molecule has 0 aromatic heterocycles. The number of nitro benzene ring substituents is 1. The van der Waals surface area contributed by atoms with Gasteiger partial charge in [0, 0.05) is 62.4 Å². The summed E-state index contributed by atoms with van der Waals surface area (Å²) in [5.74, 6) is 0. The van der Waals surface area contributed by atoms with Crippen LogP contribution >= 0.6 is 15.9 Å². The molecule has 1 N–H and O–H groups in total. The lowest BCUT2D eigenvalue weighted by atomic mass is 10.2. The van der Waals surface area contributed by atoms with Crippen LogP contribution < -0.4 is 5.32 Å². The molecule has 1 aromatic carbocycles. The molecule has 6 nitrogen and oxygen atoms in total. The topological polar surface area (TPSA) is 61.6 Å². The number of halogens is 1. The van der Waals surface area contributed by atoms with Crippen molar-refractivity contribution in [1.29, 1.82) is 0 Å². The molecule has 2 rings (SSSR count). The maximum absolute atomic E-state index is 10.9. The van der Waals surface area contributed by atoms with Gasteiger partial charge >= 0.3 is 0 Å². The Morgan fingerprint density at radius 3 is 2.76 bits per heavy atom. The number of benzene rings is 1. The van der Waals surface area contributed by atoms with Gasteiger partial charge in [0.2, 0.25) is 0 Å². The lowest BCUT2D eigenvalue weighted by molar-refractivity contribution is -0.385. The molecule has 0 bridgehead atoms. The normalized spacial score (nSPS) is 16.3. The van der Waals surface area contributed by atoms with E-state index in [9.17, 15) is 10.1 Å². The Bertz CT molecular complexity index is 492. The summed E-state index contributed by atoms with van der Waals surface area (Å²) in [4.78, 5) is 15.2. The van der Waals surface area contributed by atoms with Crippen LogP contribution in [0, 0.1) is 10.1 Å². The van der Waals surface area contributed by atoms with Crippen LogP contribution in [-0.2, 0) is 6.54 Å². The maximum atomic E-state index is 10.9. The van der Waals surface area contributed by atoms with Gasteiger partial charge < -0.3 is 10.2 Å². The van der Waals surface area contributed by atoms with E-state index in [1.54, 1.807) is 6.07 Å². The second-order valence-electron chi connectivity index (χ2n) is 5.40. The van der Waals surface area contributed by atoms with Crippen LogP contribution in [0.4, 0.5) is 5.69 Å². The first-order valence-corrected chi connectivity index (χ1v) is 7.89. The SMILES string of the molecule is CN(CCN1CCNCC1)Cc1cc(Br)cc([N+](=O)[O-])c1. The van der Waals surface area contributed by atoms with Crippen LogP contribution in [0.25, 0.3) is 0 Å². The van der Waals surface area contributed by atoms with Crippen LogP contribution in [0.3, 0.4) is 0 Å². The van der Waals surface area contributed by atoms with E-state index in [0.717, 1.165) is 49.3 Å². The molecule has 0 amide bonds. The average Bonchev–Trinajstić information content (AvgIpc) is 2.45. The molecule has 1 heterocycles. The number of likely N-dealkylation sites (N-methyl/N-ethyl adjacent to an activating group) is 1.